The van der Waals surface area contributed by atoms with Gasteiger partial charge in [-0.3, -0.25) is 9.59 Å². The largest absolute Gasteiger partial charge is 0.508 e. The van der Waals surface area contributed by atoms with Gasteiger partial charge in [0, 0.05) is 18.9 Å². The van der Waals surface area contributed by atoms with E-state index in [0.717, 1.165) is 25.7 Å². The highest BCUT2D eigenvalue weighted by Crippen LogP contribution is 2.16. The third-order valence-electron chi connectivity index (χ3n) is 8.32. The molecule has 0 amide bonds. The number of unbranched alkanes of at least 4 members (excludes halogenated alkanes) is 26. The molecule has 0 aliphatic carbocycles. The first kappa shape index (κ1) is 45.9. The van der Waals surface area contributed by atoms with Crippen molar-refractivity contribution in [2.24, 2.45) is 0 Å². The number of hydrogen-bond acceptors (Lipinski definition) is 4. The molecular formula is C40H74O6. The van der Waals surface area contributed by atoms with Gasteiger partial charge >= 0.3 is 11.9 Å². The first-order valence-electron chi connectivity index (χ1n) is 19.2. The lowest BCUT2D eigenvalue weighted by Gasteiger charge is -2.02. The number of carboxylic acid groups (broad SMARTS) is 2. The van der Waals surface area contributed by atoms with Crippen LogP contribution in [0.25, 0.3) is 0 Å². The molecule has 1 aromatic carbocycles. The molecule has 0 aliphatic rings. The average Bonchev–Trinajstić information content (AvgIpc) is 3.01. The zero-order chi connectivity index (χ0) is 34.4. The molecule has 0 spiro atoms. The number of benzene rings is 1. The quantitative estimate of drug-likeness (QED) is 0.0616. The molecule has 0 heterocycles. The Morgan fingerprint density at radius 3 is 0.804 bits per heavy atom. The van der Waals surface area contributed by atoms with Crippen molar-refractivity contribution in [1.29, 1.82) is 0 Å². The Labute approximate surface area is 283 Å². The lowest BCUT2D eigenvalue weighted by atomic mass is 10.0. The minimum atomic E-state index is -0.654. The zero-order valence-electron chi connectivity index (χ0n) is 30.1. The topological polar surface area (TPSA) is 115 Å². The highest BCUT2D eigenvalue weighted by Gasteiger charge is 1.98. The number of carboxylic acids is 2. The fourth-order valence-corrected chi connectivity index (χ4v) is 5.43. The molecule has 4 N–H and O–H groups in total. The Morgan fingerprint density at radius 1 is 0.413 bits per heavy atom. The van der Waals surface area contributed by atoms with Gasteiger partial charge in [0.15, 0.2) is 0 Å². The SMILES string of the molecule is CCCCCCCCCCCCCCCCC(=O)O.CCCCCCCCCCCCCCCCC(=O)O.Oc1cccc(O)c1. The molecule has 0 bridgehead atoms. The summed E-state index contributed by atoms with van der Waals surface area (Å²) in [5.41, 5.74) is 0. The van der Waals surface area contributed by atoms with Crippen molar-refractivity contribution in [1.82, 2.24) is 0 Å². The van der Waals surface area contributed by atoms with Crippen LogP contribution in [0.3, 0.4) is 0 Å². The predicted octanol–water partition coefficient (Wildman–Crippen LogP) is 13.0. The molecular weight excluding hydrogens is 576 g/mol. The van der Waals surface area contributed by atoms with Gasteiger partial charge < -0.3 is 20.4 Å². The Morgan fingerprint density at radius 2 is 0.630 bits per heavy atom. The third-order valence-corrected chi connectivity index (χ3v) is 8.32. The fraction of sp³-hybridized carbons (Fsp3) is 0.800. The number of aliphatic carboxylic acids is 2. The summed E-state index contributed by atoms with van der Waals surface area (Å²) >= 11 is 0. The van der Waals surface area contributed by atoms with E-state index in [9.17, 15) is 9.59 Å². The molecule has 1 rings (SSSR count). The lowest BCUT2D eigenvalue weighted by molar-refractivity contribution is -0.138. The summed E-state index contributed by atoms with van der Waals surface area (Å²) in [7, 11) is 0. The number of hydrogen-bond donors (Lipinski definition) is 4. The van der Waals surface area contributed by atoms with Gasteiger partial charge in [-0.2, -0.15) is 0 Å². The van der Waals surface area contributed by atoms with E-state index in [2.05, 4.69) is 13.8 Å². The first-order chi connectivity index (χ1) is 22.3. The fourth-order valence-electron chi connectivity index (χ4n) is 5.43. The number of phenolic OH excluding ortho intramolecular Hbond substituents is 2. The molecule has 270 valence electrons. The number of phenols is 2. The average molecular weight is 651 g/mol. The smallest absolute Gasteiger partial charge is 0.303 e. The van der Waals surface area contributed by atoms with Crippen molar-refractivity contribution in [2.75, 3.05) is 0 Å². The van der Waals surface area contributed by atoms with Crippen LogP contribution in [0.5, 0.6) is 11.5 Å². The molecule has 6 nitrogen and oxygen atoms in total. The summed E-state index contributed by atoms with van der Waals surface area (Å²) in [6.45, 7) is 4.53. The summed E-state index contributed by atoms with van der Waals surface area (Å²) in [5, 5.41) is 34.3. The van der Waals surface area contributed by atoms with Crippen molar-refractivity contribution >= 4 is 11.9 Å². The number of rotatable bonds is 30. The van der Waals surface area contributed by atoms with Crippen LogP contribution in [0.4, 0.5) is 0 Å². The van der Waals surface area contributed by atoms with Gasteiger partial charge in [-0.1, -0.05) is 187 Å². The molecule has 0 saturated carbocycles. The van der Waals surface area contributed by atoms with Crippen molar-refractivity contribution in [3.63, 3.8) is 0 Å². The minimum absolute atomic E-state index is 0.0880. The molecule has 0 aromatic heterocycles. The zero-order valence-corrected chi connectivity index (χ0v) is 30.1. The van der Waals surface area contributed by atoms with Crippen LogP contribution < -0.4 is 0 Å². The van der Waals surface area contributed by atoms with Crippen molar-refractivity contribution in [2.45, 2.75) is 206 Å². The van der Waals surface area contributed by atoms with Crippen LogP contribution in [0.15, 0.2) is 24.3 Å². The van der Waals surface area contributed by atoms with E-state index in [1.54, 1.807) is 6.07 Å². The van der Waals surface area contributed by atoms with Crippen LogP contribution >= 0.6 is 0 Å². The van der Waals surface area contributed by atoms with Crippen LogP contribution in [0.1, 0.15) is 206 Å². The third kappa shape index (κ3) is 43.9. The molecule has 46 heavy (non-hydrogen) atoms. The van der Waals surface area contributed by atoms with Gasteiger partial charge in [-0.05, 0) is 25.0 Å². The molecule has 0 saturated heterocycles. The summed E-state index contributed by atoms with van der Waals surface area (Å²) in [4.78, 5) is 20.6. The molecule has 1 aromatic rings. The van der Waals surface area contributed by atoms with Gasteiger partial charge in [0.1, 0.15) is 11.5 Å². The standard InChI is InChI=1S/2C17H34O2.C6H6O2/c2*1-2-3-4-5-6-7-8-9-10-11-12-13-14-15-16-17(18)19;7-5-2-1-3-6(8)4-5/h2*2-16H2,1H3,(H,18,19);1-4,7-8H. The Bertz CT molecular complexity index is 707. The van der Waals surface area contributed by atoms with E-state index in [0.29, 0.717) is 12.8 Å². The van der Waals surface area contributed by atoms with E-state index in [4.69, 9.17) is 20.4 Å². The van der Waals surface area contributed by atoms with Crippen LogP contribution in [0, 0.1) is 0 Å². The molecule has 0 atom stereocenters. The number of aromatic hydroxyl groups is 2. The van der Waals surface area contributed by atoms with E-state index >= 15 is 0 Å². The van der Waals surface area contributed by atoms with E-state index in [1.807, 2.05) is 0 Å². The monoisotopic (exact) mass is 651 g/mol. The highest BCUT2D eigenvalue weighted by atomic mass is 16.4. The number of carbonyl (C=O) groups is 2. The Hall–Kier alpha value is -2.24. The Kier molecular flexibility index (Phi) is 38.8. The lowest BCUT2D eigenvalue weighted by Crippen LogP contribution is -1.93. The normalized spacial score (nSPS) is 10.5. The summed E-state index contributed by atoms with van der Waals surface area (Å²) in [6, 6.07) is 5.85. The van der Waals surface area contributed by atoms with Crippen LogP contribution in [-0.2, 0) is 9.59 Å². The second kappa shape index (κ2) is 38.9. The van der Waals surface area contributed by atoms with Gasteiger partial charge in [0.25, 0.3) is 0 Å². The predicted molar refractivity (Wildman–Crippen MR) is 195 cm³/mol. The minimum Gasteiger partial charge on any atom is -0.508 e. The molecule has 0 unspecified atom stereocenters. The molecule has 0 aliphatic heterocycles. The van der Waals surface area contributed by atoms with E-state index < -0.39 is 11.9 Å². The maximum Gasteiger partial charge on any atom is 0.303 e. The second-order valence-corrected chi connectivity index (χ2v) is 13.0. The van der Waals surface area contributed by atoms with Gasteiger partial charge in [0.05, 0.1) is 0 Å². The van der Waals surface area contributed by atoms with Crippen molar-refractivity contribution in [3.8, 4) is 11.5 Å². The Balaban J connectivity index is 0. The van der Waals surface area contributed by atoms with Crippen LogP contribution in [-0.4, -0.2) is 32.4 Å². The van der Waals surface area contributed by atoms with Gasteiger partial charge in [-0.15, -0.1) is 0 Å². The maximum absolute atomic E-state index is 10.3. The molecule has 0 fully saturated rings. The van der Waals surface area contributed by atoms with Crippen molar-refractivity contribution < 1.29 is 30.0 Å². The second-order valence-electron chi connectivity index (χ2n) is 13.0. The molecule has 0 radical (unpaired) electrons. The van der Waals surface area contributed by atoms with Crippen molar-refractivity contribution in [3.05, 3.63) is 24.3 Å². The van der Waals surface area contributed by atoms with Gasteiger partial charge in [-0.25, -0.2) is 0 Å². The highest BCUT2D eigenvalue weighted by molar-refractivity contribution is 5.66. The summed E-state index contributed by atoms with van der Waals surface area (Å²) < 4.78 is 0. The first-order valence-corrected chi connectivity index (χ1v) is 19.2. The molecule has 6 heteroatoms. The van der Waals surface area contributed by atoms with Crippen LogP contribution in [0.2, 0.25) is 0 Å². The maximum atomic E-state index is 10.3. The summed E-state index contributed by atoms with van der Waals surface area (Å²) in [6.07, 6.45) is 37.5. The van der Waals surface area contributed by atoms with E-state index in [1.165, 1.54) is 172 Å². The van der Waals surface area contributed by atoms with Gasteiger partial charge in [0.2, 0.25) is 0 Å². The van der Waals surface area contributed by atoms with E-state index in [-0.39, 0.29) is 11.5 Å². The summed E-state index contributed by atoms with van der Waals surface area (Å²) in [5.74, 6) is -1.13.